The number of fused-ring (bicyclic) bond motifs is 1. The number of aromatic nitrogens is 2. The van der Waals surface area contributed by atoms with Crippen molar-refractivity contribution in [3.05, 3.63) is 15.9 Å². The Bertz CT molecular complexity index is 330. The molecule has 1 aromatic rings. The van der Waals surface area contributed by atoms with E-state index in [1.165, 1.54) is 11.3 Å². The van der Waals surface area contributed by atoms with E-state index in [4.69, 9.17) is 0 Å². The smallest absolute Gasteiger partial charge is 0.108 e. The number of rotatable bonds is 2. The highest BCUT2D eigenvalue weighted by Gasteiger charge is 2.18. The van der Waals surface area contributed by atoms with Crippen molar-refractivity contribution in [3.63, 3.8) is 0 Å². The fraction of sp³-hybridized carbons (Fsp3) is 0.700. The predicted molar refractivity (Wildman–Crippen MR) is 60.2 cm³/mol. The summed E-state index contributed by atoms with van der Waals surface area (Å²) in [6, 6.07) is 0. The van der Waals surface area contributed by atoms with E-state index < -0.39 is 0 Å². The molecule has 1 aliphatic rings. The van der Waals surface area contributed by atoms with Crippen LogP contribution in [0.1, 0.15) is 25.1 Å². The SMILES string of the molecule is CC(C)Cn1nc2c(c1Br)CNCC2. The van der Waals surface area contributed by atoms with Crippen molar-refractivity contribution in [1.82, 2.24) is 15.1 Å². The van der Waals surface area contributed by atoms with Gasteiger partial charge in [0.15, 0.2) is 0 Å². The summed E-state index contributed by atoms with van der Waals surface area (Å²) >= 11 is 3.63. The Morgan fingerprint density at radius 3 is 3.00 bits per heavy atom. The Labute approximate surface area is 93.0 Å². The van der Waals surface area contributed by atoms with Crippen molar-refractivity contribution in [2.75, 3.05) is 6.54 Å². The van der Waals surface area contributed by atoms with E-state index in [0.29, 0.717) is 5.92 Å². The van der Waals surface area contributed by atoms with Gasteiger partial charge in [0.1, 0.15) is 4.60 Å². The number of nitrogens with zero attached hydrogens (tertiary/aromatic N) is 2. The summed E-state index contributed by atoms with van der Waals surface area (Å²) in [6.45, 7) is 7.43. The van der Waals surface area contributed by atoms with Gasteiger partial charge in [-0.25, -0.2) is 0 Å². The predicted octanol–water partition coefficient (Wildman–Crippen LogP) is 1.95. The molecule has 78 valence electrons. The first kappa shape index (κ1) is 10.2. The maximum atomic E-state index is 4.62. The minimum atomic E-state index is 0.639. The summed E-state index contributed by atoms with van der Waals surface area (Å²) in [7, 11) is 0. The second-order valence-electron chi connectivity index (χ2n) is 4.22. The van der Waals surface area contributed by atoms with Crippen molar-refractivity contribution < 1.29 is 0 Å². The van der Waals surface area contributed by atoms with E-state index >= 15 is 0 Å². The van der Waals surface area contributed by atoms with E-state index in [9.17, 15) is 0 Å². The topological polar surface area (TPSA) is 29.9 Å². The van der Waals surface area contributed by atoms with Crippen molar-refractivity contribution in [2.45, 2.75) is 33.4 Å². The Balaban J connectivity index is 2.29. The molecule has 14 heavy (non-hydrogen) atoms. The van der Waals surface area contributed by atoms with Crippen LogP contribution in [-0.4, -0.2) is 16.3 Å². The van der Waals surface area contributed by atoms with Crippen LogP contribution >= 0.6 is 15.9 Å². The highest BCUT2D eigenvalue weighted by Crippen LogP contribution is 2.23. The fourth-order valence-electron chi connectivity index (χ4n) is 1.79. The molecule has 0 fully saturated rings. The van der Waals surface area contributed by atoms with Gasteiger partial charge in [0.2, 0.25) is 0 Å². The van der Waals surface area contributed by atoms with Crippen LogP contribution in [0.2, 0.25) is 0 Å². The molecular weight excluding hydrogens is 242 g/mol. The van der Waals surface area contributed by atoms with Crippen molar-refractivity contribution in [2.24, 2.45) is 5.92 Å². The number of hydrogen-bond donors (Lipinski definition) is 1. The molecule has 0 amide bonds. The third kappa shape index (κ3) is 1.86. The standard InChI is InChI=1S/C10H16BrN3/c1-7(2)6-14-10(11)8-5-12-4-3-9(8)13-14/h7,12H,3-6H2,1-2H3. The van der Waals surface area contributed by atoms with Crippen LogP contribution in [0, 0.1) is 5.92 Å². The Hall–Kier alpha value is -0.350. The minimum absolute atomic E-state index is 0.639. The lowest BCUT2D eigenvalue weighted by atomic mass is 10.1. The van der Waals surface area contributed by atoms with Gasteiger partial charge in [-0.15, -0.1) is 0 Å². The van der Waals surface area contributed by atoms with Gasteiger partial charge in [0.25, 0.3) is 0 Å². The van der Waals surface area contributed by atoms with Crippen molar-refractivity contribution >= 4 is 15.9 Å². The molecule has 1 N–H and O–H groups in total. The van der Waals surface area contributed by atoms with Gasteiger partial charge >= 0.3 is 0 Å². The van der Waals surface area contributed by atoms with Crippen LogP contribution in [0.4, 0.5) is 0 Å². The molecule has 3 nitrogen and oxygen atoms in total. The highest BCUT2D eigenvalue weighted by molar-refractivity contribution is 9.10. The zero-order valence-corrected chi connectivity index (χ0v) is 10.3. The summed E-state index contributed by atoms with van der Waals surface area (Å²) in [5.41, 5.74) is 2.60. The van der Waals surface area contributed by atoms with Gasteiger partial charge in [-0.2, -0.15) is 5.10 Å². The molecule has 0 radical (unpaired) electrons. The molecule has 1 aliphatic heterocycles. The Kier molecular flexibility index (Phi) is 2.93. The van der Waals surface area contributed by atoms with E-state index in [2.05, 4.69) is 44.9 Å². The summed E-state index contributed by atoms with van der Waals surface area (Å²) in [4.78, 5) is 0. The Morgan fingerprint density at radius 2 is 2.36 bits per heavy atom. The average molecular weight is 258 g/mol. The molecule has 0 spiro atoms. The van der Waals surface area contributed by atoms with E-state index in [0.717, 1.165) is 30.7 Å². The molecule has 0 saturated carbocycles. The zero-order valence-electron chi connectivity index (χ0n) is 8.68. The van der Waals surface area contributed by atoms with Crippen LogP contribution in [-0.2, 0) is 19.5 Å². The van der Waals surface area contributed by atoms with Crippen LogP contribution in [0.15, 0.2) is 4.60 Å². The molecular formula is C10H16BrN3. The van der Waals surface area contributed by atoms with Gasteiger partial charge in [0.05, 0.1) is 5.69 Å². The molecule has 1 aromatic heterocycles. The quantitative estimate of drug-likeness (QED) is 0.878. The van der Waals surface area contributed by atoms with Gasteiger partial charge in [-0.05, 0) is 21.8 Å². The van der Waals surface area contributed by atoms with Crippen LogP contribution in [0.25, 0.3) is 0 Å². The third-order valence-electron chi connectivity index (χ3n) is 2.44. The summed E-state index contributed by atoms with van der Waals surface area (Å²) in [5.74, 6) is 0.639. The number of halogens is 1. The molecule has 0 aliphatic carbocycles. The molecule has 0 atom stereocenters. The fourth-order valence-corrected chi connectivity index (χ4v) is 2.38. The average Bonchev–Trinajstić information content (AvgIpc) is 2.44. The normalized spacial score (nSPS) is 16.0. The molecule has 4 heteroatoms. The first-order valence-electron chi connectivity index (χ1n) is 5.13. The van der Waals surface area contributed by atoms with Crippen molar-refractivity contribution in [1.29, 1.82) is 0 Å². The summed E-state index contributed by atoms with van der Waals surface area (Å²) in [5, 5.41) is 7.99. The minimum Gasteiger partial charge on any atom is -0.312 e. The lowest BCUT2D eigenvalue weighted by molar-refractivity contribution is 0.473. The summed E-state index contributed by atoms with van der Waals surface area (Å²) < 4.78 is 3.25. The first-order valence-corrected chi connectivity index (χ1v) is 5.92. The van der Waals surface area contributed by atoms with E-state index in [1.807, 2.05) is 0 Å². The van der Waals surface area contributed by atoms with Crippen LogP contribution < -0.4 is 5.32 Å². The maximum absolute atomic E-state index is 4.62. The second-order valence-corrected chi connectivity index (χ2v) is 4.97. The molecule has 0 bridgehead atoms. The largest absolute Gasteiger partial charge is 0.312 e. The number of hydrogen-bond acceptors (Lipinski definition) is 2. The van der Waals surface area contributed by atoms with Gasteiger partial charge in [0, 0.05) is 31.6 Å². The van der Waals surface area contributed by atoms with Crippen molar-refractivity contribution in [3.8, 4) is 0 Å². The third-order valence-corrected chi connectivity index (χ3v) is 3.33. The highest BCUT2D eigenvalue weighted by atomic mass is 79.9. The molecule has 2 heterocycles. The molecule has 0 unspecified atom stereocenters. The molecule has 2 rings (SSSR count). The first-order chi connectivity index (χ1) is 6.68. The lowest BCUT2D eigenvalue weighted by Gasteiger charge is -2.10. The van der Waals surface area contributed by atoms with Gasteiger partial charge in [-0.3, -0.25) is 4.68 Å². The molecule has 0 aromatic carbocycles. The second kappa shape index (κ2) is 4.03. The van der Waals surface area contributed by atoms with Crippen LogP contribution in [0.3, 0.4) is 0 Å². The van der Waals surface area contributed by atoms with Gasteiger partial charge < -0.3 is 5.32 Å². The monoisotopic (exact) mass is 257 g/mol. The molecule has 0 saturated heterocycles. The lowest BCUT2D eigenvalue weighted by Crippen LogP contribution is -2.23. The maximum Gasteiger partial charge on any atom is 0.108 e. The number of nitrogens with one attached hydrogen (secondary N) is 1. The van der Waals surface area contributed by atoms with E-state index in [1.54, 1.807) is 0 Å². The Morgan fingerprint density at radius 1 is 1.57 bits per heavy atom. The van der Waals surface area contributed by atoms with Gasteiger partial charge in [-0.1, -0.05) is 13.8 Å². The summed E-state index contributed by atoms with van der Waals surface area (Å²) in [6.07, 6.45) is 1.05. The zero-order chi connectivity index (χ0) is 10.1. The van der Waals surface area contributed by atoms with E-state index in [-0.39, 0.29) is 0 Å². The van der Waals surface area contributed by atoms with Crippen LogP contribution in [0.5, 0.6) is 0 Å².